The third-order valence-electron chi connectivity index (χ3n) is 5.63. The Labute approximate surface area is 154 Å². The smallest absolute Gasteiger partial charge is 0.171 e. The standard InChI is InChI=1S/C20H39NO4/c1-8-16(22-7)10-23-13-19(9-2)14-24-20(25-15-19)11-17(3,4)21-18(5,6)12-20/h16,21H,8-15H2,1-7H3. The van der Waals surface area contributed by atoms with Crippen molar-refractivity contribution in [3.05, 3.63) is 0 Å². The summed E-state index contributed by atoms with van der Waals surface area (Å²) in [4.78, 5) is 0. The Morgan fingerprint density at radius 1 is 1.00 bits per heavy atom. The molecule has 0 aromatic heterocycles. The minimum absolute atomic E-state index is 0.00270. The lowest BCUT2D eigenvalue weighted by Gasteiger charge is -2.55. The summed E-state index contributed by atoms with van der Waals surface area (Å²) in [5.74, 6) is -0.477. The predicted molar refractivity (Wildman–Crippen MR) is 99.8 cm³/mol. The first-order chi connectivity index (χ1) is 11.6. The molecule has 0 aromatic carbocycles. The summed E-state index contributed by atoms with van der Waals surface area (Å²) in [5.41, 5.74) is -0.0645. The maximum Gasteiger partial charge on any atom is 0.171 e. The fourth-order valence-electron chi connectivity index (χ4n) is 4.42. The van der Waals surface area contributed by atoms with Crippen molar-refractivity contribution in [3.8, 4) is 0 Å². The molecule has 2 fully saturated rings. The molecule has 5 heteroatoms. The van der Waals surface area contributed by atoms with Gasteiger partial charge in [0.05, 0.1) is 32.5 Å². The van der Waals surface area contributed by atoms with E-state index in [1.165, 1.54) is 0 Å². The Hall–Kier alpha value is -0.200. The number of rotatable bonds is 7. The Morgan fingerprint density at radius 2 is 1.56 bits per heavy atom. The van der Waals surface area contributed by atoms with E-state index < -0.39 is 5.79 Å². The second-order valence-corrected chi connectivity index (χ2v) is 9.37. The van der Waals surface area contributed by atoms with Crippen molar-refractivity contribution < 1.29 is 18.9 Å². The highest BCUT2D eigenvalue weighted by Gasteiger charge is 2.53. The summed E-state index contributed by atoms with van der Waals surface area (Å²) in [6, 6.07) is 0. The Morgan fingerprint density at radius 3 is 2.00 bits per heavy atom. The van der Waals surface area contributed by atoms with Crippen LogP contribution in [0.5, 0.6) is 0 Å². The molecule has 2 rings (SSSR count). The summed E-state index contributed by atoms with van der Waals surface area (Å²) in [6.07, 6.45) is 3.84. The predicted octanol–water partition coefficient (Wildman–Crippen LogP) is 3.51. The zero-order valence-electron chi connectivity index (χ0n) is 17.4. The maximum atomic E-state index is 6.42. The zero-order chi connectivity index (χ0) is 18.8. The van der Waals surface area contributed by atoms with Gasteiger partial charge in [-0.05, 0) is 40.5 Å². The molecule has 0 amide bonds. The van der Waals surface area contributed by atoms with Gasteiger partial charge in [0, 0.05) is 36.4 Å². The minimum Gasteiger partial charge on any atom is -0.379 e. The van der Waals surface area contributed by atoms with Crippen LogP contribution < -0.4 is 5.32 Å². The molecule has 1 atom stereocenters. The van der Waals surface area contributed by atoms with Crippen molar-refractivity contribution in [1.29, 1.82) is 0 Å². The van der Waals surface area contributed by atoms with Crippen molar-refractivity contribution >= 4 is 0 Å². The molecule has 2 aliphatic heterocycles. The molecule has 0 aliphatic carbocycles. The molecule has 1 unspecified atom stereocenters. The van der Waals surface area contributed by atoms with Crippen molar-refractivity contribution in [2.24, 2.45) is 5.41 Å². The number of nitrogens with one attached hydrogen (secondary N) is 1. The summed E-state index contributed by atoms with van der Waals surface area (Å²) in [6.45, 7) is 15.9. The van der Waals surface area contributed by atoms with Crippen LogP contribution in [0, 0.1) is 5.41 Å². The monoisotopic (exact) mass is 357 g/mol. The zero-order valence-corrected chi connectivity index (χ0v) is 17.4. The number of piperidine rings is 1. The molecule has 2 heterocycles. The van der Waals surface area contributed by atoms with Crippen LogP contribution in [0.15, 0.2) is 0 Å². The second-order valence-electron chi connectivity index (χ2n) is 9.37. The van der Waals surface area contributed by atoms with E-state index in [1.807, 2.05) is 0 Å². The van der Waals surface area contributed by atoms with Gasteiger partial charge in [-0.25, -0.2) is 0 Å². The number of ether oxygens (including phenoxy) is 4. The molecule has 5 nitrogen and oxygen atoms in total. The fraction of sp³-hybridized carbons (Fsp3) is 1.00. The van der Waals surface area contributed by atoms with Crippen LogP contribution in [0.4, 0.5) is 0 Å². The number of methoxy groups -OCH3 is 1. The van der Waals surface area contributed by atoms with Crippen molar-refractivity contribution in [3.63, 3.8) is 0 Å². The van der Waals surface area contributed by atoms with Gasteiger partial charge in [0.2, 0.25) is 0 Å². The third-order valence-corrected chi connectivity index (χ3v) is 5.63. The average Bonchev–Trinajstić information content (AvgIpc) is 2.51. The van der Waals surface area contributed by atoms with E-state index >= 15 is 0 Å². The molecule has 1 spiro atoms. The van der Waals surface area contributed by atoms with Crippen LogP contribution in [0.25, 0.3) is 0 Å². The quantitative estimate of drug-likeness (QED) is 0.755. The van der Waals surface area contributed by atoms with Gasteiger partial charge in [0.1, 0.15) is 0 Å². The molecule has 1 N–H and O–H groups in total. The number of hydrogen-bond acceptors (Lipinski definition) is 5. The van der Waals surface area contributed by atoms with E-state index in [4.69, 9.17) is 18.9 Å². The SMILES string of the molecule is CCC(COCC1(CC)COC2(CC(C)(C)NC(C)(C)C2)OC1)OC. The first-order valence-electron chi connectivity index (χ1n) is 9.77. The summed E-state index contributed by atoms with van der Waals surface area (Å²) >= 11 is 0. The van der Waals surface area contributed by atoms with Gasteiger partial charge in [-0.3, -0.25) is 0 Å². The Kier molecular flexibility index (Phi) is 6.59. The highest BCUT2D eigenvalue weighted by molar-refractivity contribution is 5.03. The Bertz CT molecular complexity index is 405. The minimum atomic E-state index is -0.477. The van der Waals surface area contributed by atoms with Crippen LogP contribution in [0.3, 0.4) is 0 Å². The van der Waals surface area contributed by atoms with E-state index in [-0.39, 0.29) is 22.6 Å². The molecule has 0 aromatic rings. The summed E-state index contributed by atoms with van der Waals surface area (Å²) in [5, 5.41) is 3.70. The molecule has 0 radical (unpaired) electrons. The van der Waals surface area contributed by atoms with E-state index in [9.17, 15) is 0 Å². The van der Waals surface area contributed by atoms with Crippen LogP contribution in [-0.2, 0) is 18.9 Å². The van der Waals surface area contributed by atoms with Gasteiger partial charge in [-0.15, -0.1) is 0 Å². The first kappa shape index (κ1) is 21.1. The first-order valence-corrected chi connectivity index (χ1v) is 9.77. The van der Waals surface area contributed by atoms with Gasteiger partial charge in [-0.1, -0.05) is 13.8 Å². The molecule has 0 saturated carbocycles. The van der Waals surface area contributed by atoms with Crippen LogP contribution in [0.1, 0.15) is 67.2 Å². The van der Waals surface area contributed by atoms with Crippen molar-refractivity contribution in [2.45, 2.75) is 90.2 Å². The number of hydrogen-bond donors (Lipinski definition) is 1. The summed E-state index contributed by atoms with van der Waals surface area (Å²) in [7, 11) is 1.74. The third kappa shape index (κ3) is 5.39. The molecular formula is C20H39NO4. The van der Waals surface area contributed by atoms with E-state index in [0.29, 0.717) is 26.4 Å². The van der Waals surface area contributed by atoms with Crippen LogP contribution in [0.2, 0.25) is 0 Å². The lowest BCUT2D eigenvalue weighted by atomic mass is 9.77. The summed E-state index contributed by atoms with van der Waals surface area (Å²) < 4.78 is 24.2. The molecule has 2 saturated heterocycles. The normalized spacial score (nSPS) is 28.0. The fourth-order valence-corrected chi connectivity index (χ4v) is 4.42. The highest BCUT2D eigenvalue weighted by Crippen LogP contribution is 2.44. The van der Waals surface area contributed by atoms with Gasteiger partial charge in [0.15, 0.2) is 5.79 Å². The van der Waals surface area contributed by atoms with Gasteiger partial charge in [0.25, 0.3) is 0 Å². The molecule has 2 aliphatic rings. The maximum absolute atomic E-state index is 6.42. The van der Waals surface area contributed by atoms with Gasteiger partial charge >= 0.3 is 0 Å². The molecule has 25 heavy (non-hydrogen) atoms. The Balaban J connectivity index is 1.95. The van der Waals surface area contributed by atoms with Gasteiger partial charge < -0.3 is 24.3 Å². The average molecular weight is 358 g/mol. The van der Waals surface area contributed by atoms with Crippen LogP contribution >= 0.6 is 0 Å². The second kappa shape index (κ2) is 7.81. The van der Waals surface area contributed by atoms with E-state index in [2.05, 4.69) is 46.9 Å². The molecule has 0 bridgehead atoms. The van der Waals surface area contributed by atoms with Gasteiger partial charge in [-0.2, -0.15) is 0 Å². The molecular weight excluding hydrogens is 318 g/mol. The van der Waals surface area contributed by atoms with E-state index in [0.717, 1.165) is 25.7 Å². The lowest BCUT2D eigenvalue weighted by Crippen LogP contribution is -2.67. The van der Waals surface area contributed by atoms with Crippen LogP contribution in [-0.4, -0.2) is 56.5 Å². The lowest BCUT2D eigenvalue weighted by molar-refractivity contribution is -0.333. The van der Waals surface area contributed by atoms with E-state index in [1.54, 1.807) is 7.11 Å². The topological polar surface area (TPSA) is 49.0 Å². The highest BCUT2D eigenvalue weighted by atomic mass is 16.7. The largest absolute Gasteiger partial charge is 0.379 e. The van der Waals surface area contributed by atoms with Crippen molar-refractivity contribution in [2.75, 3.05) is 33.5 Å². The molecule has 148 valence electrons. The van der Waals surface area contributed by atoms with Crippen molar-refractivity contribution in [1.82, 2.24) is 5.32 Å².